The summed E-state index contributed by atoms with van der Waals surface area (Å²) in [5.74, 6) is 0.926. The molecule has 1 atom stereocenters. The van der Waals surface area contributed by atoms with Gasteiger partial charge in [-0.1, -0.05) is 6.07 Å². The molecule has 0 amide bonds. The van der Waals surface area contributed by atoms with E-state index in [1.165, 1.54) is 18.5 Å². The molecule has 3 nitrogen and oxygen atoms in total. The van der Waals surface area contributed by atoms with Crippen molar-refractivity contribution >= 4 is 5.69 Å². The van der Waals surface area contributed by atoms with Crippen LogP contribution < -0.4 is 15.0 Å². The Bertz CT molecular complexity index is 403. The second kappa shape index (κ2) is 5.19. The van der Waals surface area contributed by atoms with Gasteiger partial charge in [-0.05, 0) is 45.9 Å². The minimum absolute atomic E-state index is 0.124. The fraction of sp³-hybridized carbons (Fsp3) is 0.600. The van der Waals surface area contributed by atoms with Gasteiger partial charge in [0.2, 0.25) is 0 Å². The fourth-order valence-corrected chi connectivity index (χ4v) is 3.02. The largest absolute Gasteiger partial charge is 0.497 e. The van der Waals surface area contributed by atoms with Crippen LogP contribution in [0.5, 0.6) is 5.75 Å². The minimum atomic E-state index is 0.124. The number of nitrogens with one attached hydrogen (secondary N) is 1. The van der Waals surface area contributed by atoms with E-state index in [1.54, 1.807) is 7.11 Å². The lowest BCUT2D eigenvalue weighted by Crippen LogP contribution is -2.60. The topological polar surface area (TPSA) is 24.5 Å². The average molecular weight is 248 g/mol. The molecule has 0 spiro atoms. The molecule has 100 valence electrons. The number of methoxy groups -OCH3 is 1. The van der Waals surface area contributed by atoms with E-state index in [0.717, 1.165) is 12.3 Å². The molecule has 1 aromatic carbocycles. The van der Waals surface area contributed by atoms with Crippen molar-refractivity contribution in [3.05, 3.63) is 24.3 Å². The molecule has 0 bridgehead atoms. The Kier molecular flexibility index (Phi) is 3.81. The molecule has 3 heteroatoms. The highest BCUT2D eigenvalue weighted by atomic mass is 16.5. The van der Waals surface area contributed by atoms with Crippen molar-refractivity contribution in [2.45, 2.75) is 38.3 Å². The third kappa shape index (κ3) is 2.32. The fourth-order valence-electron chi connectivity index (χ4n) is 3.02. The van der Waals surface area contributed by atoms with Gasteiger partial charge in [-0.3, -0.25) is 0 Å². The molecule has 1 saturated heterocycles. The van der Waals surface area contributed by atoms with Crippen molar-refractivity contribution in [3.63, 3.8) is 0 Å². The van der Waals surface area contributed by atoms with Crippen molar-refractivity contribution in [2.75, 3.05) is 25.6 Å². The average Bonchev–Trinajstić information content (AvgIpc) is 2.38. The first-order chi connectivity index (χ1) is 8.59. The lowest BCUT2D eigenvalue weighted by Gasteiger charge is -2.49. The Hall–Kier alpha value is -1.22. The van der Waals surface area contributed by atoms with Gasteiger partial charge in [-0.2, -0.15) is 0 Å². The van der Waals surface area contributed by atoms with Crippen LogP contribution in [0, 0.1) is 0 Å². The predicted octanol–water partition coefficient (Wildman–Crippen LogP) is 2.66. The van der Waals surface area contributed by atoms with Gasteiger partial charge in [0.25, 0.3) is 0 Å². The van der Waals surface area contributed by atoms with Gasteiger partial charge in [-0.25, -0.2) is 0 Å². The highest BCUT2D eigenvalue weighted by Crippen LogP contribution is 2.34. The summed E-state index contributed by atoms with van der Waals surface area (Å²) in [5, 5.41) is 3.45. The summed E-state index contributed by atoms with van der Waals surface area (Å²) in [6.07, 6.45) is 2.47. The number of likely N-dealkylation sites (N-methyl/N-ethyl adjacent to an activating group) is 1. The van der Waals surface area contributed by atoms with E-state index in [4.69, 9.17) is 4.74 Å². The van der Waals surface area contributed by atoms with Crippen molar-refractivity contribution in [1.29, 1.82) is 0 Å². The standard InChI is InChI=1S/C15H24N2O/c1-15(2)14(16-3)9-6-10-17(15)12-7-5-8-13(11-12)18-4/h5,7-8,11,14,16H,6,9-10H2,1-4H3. The van der Waals surface area contributed by atoms with Crippen LogP contribution in [0.25, 0.3) is 0 Å². The lowest BCUT2D eigenvalue weighted by molar-refractivity contribution is 0.275. The second-order valence-corrected chi connectivity index (χ2v) is 5.49. The summed E-state index contributed by atoms with van der Waals surface area (Å²) >= 11 is 0. The molecular weight excluding hydrogens is 224 g/mol. The lowest BCUT2D eigenvalue weighted by atomic mass is 9.84. The summed E-state index contributed by atoms with van der Waals surface area (Å²) in [5.41, 5.74) is 1.37. The highest BCUT2D eigenvalue weighted by Gasteiger charge is 2.37. The molecule has 1 heterocycles. The molecule has 18 heavy (non-hydrogen) atoms. The number of nitrogens with zero attached hydrogens (tertiary/aromatic N) is 1. The van der Waals surface area contributed by atoms with E-state index in [0.29, 0.717) is 6.04 Å². The Morgan fingerprint density at radius 1 is 1.39 bits per heavy atom. The number of hydrogen-bond donors (Lipinski definition) is 1. The van der Waals surface area contributed by atoms with Gasteiger partial charge in [-0.15, -0.1) is 0 Å². The third-order valence-electron chi connectivity index (χ3n) is 4.14. The Morgan fingerprint density at radius 2 is 2.17 bits per heavy atom. The van der Waals surface area contributed by atoms with Crippen LogP contribution in [0.3, 0.4) is 0 Å². The molecule has 1 N–H and O–H groups in total. The molecule has 0 aliphatic carbocycles. The third-order valence-corrected chi connectivity index (χ3v) is 4.14. The minimum Gasteiger partial charge on any atom is -0.497 e. The summed E-state index contributed by atoms with van der Waals surface area (Å²) in [7, 11) is 3.78. The van der Waals surface area contributed by atoms with Crippen molar-refractivity contribution in [2.24, 2.45) is 0 Å². The van der Waals surface area contributed by atoms with Gasteiger partial charge >= 0.3 is 0 Å². The normalized spacial score (nSPS) is 22.9. The maximum Gasteiger partial charge on any atom is 0.120 e. The summed E-state index contributed by atoms with van der Waals surface area (Å²) in [6.45, 7) is 5.73. The molecule has 1 aromatic rings. The molecule has 2 rings (SSSR count). The molecular formula is C15H24N2O. The zero-order valence-electron chi connectivity index (χ0n) is 11.9. The van der Waals surface area contributed by atoms with E-state index in [-0.39, 0.29) is 5.54 Å². The molecule has 1 aliphatic rings. The summed E-state index contributed by atoms with van der Waals surface area (Å²) in [4.78, 5) is 2.49. The Labute approximate surface area is 110 Å². The first-order valence-corrected chi connectivity index (χ1v) is 6.68. The maximum atomic E-state index is 5.32. The number of ether oxygens (including phenoxy) is 1. The van der Waals surface area contributed by atoms with Gasteiger partial charge in [0, 0.05) is 29.9 Å². The first kappa shape index (κ1) is 13.2. The number of anilines is 1. The van der Waals surface area contributed by atoms with Crippen LogP contribution in [0.2, 0.25) is 0 Å². The molecule has 1 unspecified atom stereocenters. The molecule has 0 aromatic heterocycles. The SMILES string of the molecule is CNC1CCCN(c2cccc(OC)c2)C1(C)C. The molecule has 0 saturated carbocycles. The van der Waals surface area contributed by atoms with Crippen molar-refractivity contribution in [1.82, 2.24) is 5.32 Å². The summed E-state index contributed by atoms with van der Waals surface area (Å²) in [6, 6.07) is 8.88. The van der Waals surface area contributed by atoms with E-state index in [1.807, 2.05) is 6.07 Å². The zero-order valence-corrected chi connectivity index (χ0v) is 11.9. The highest BCUT2D eigenvalue weighted by molar-refractivity contribution is 5.53. The van der Waals surface area contributed by atoms with Crippen LogP contribution in [0.4, 0.5) is 5.69 Å². The van der Waals surface area contributed by atoms with Crippen LogP contribution in [0.1, 0.15) is 26.7 Å². The second-order valence-electron chi connectivity index (χ2n) is 5.49. The molecule has 1 aliphatic heterocycles. The predicted molar refractivity (Wildman–Crippen MR) is 76.5 cm³/mol. The molecule has 1 fully saturated rings. The quantitative estimate of drug-likeness (QED) is 0.890. The number of benzene rings is 1. The number of rotatable bonds is 3. The smallest absolute Gasteiger partial charge is 0.120 e. The van der Waals surface area contributed by atoms with Crippen LogP contribution >= 0.6 is 0 Å². The van der Waals surface area contributed by atoms with E-state index in [2.05, 4.69) is 49.3 Å². The van der Waals surface area contributed by atoms with Crippen LogP contribution in [-0.2, 0) is 0 Å². The maximum absolute atomic E-state index is 5.32. The number of piperidine rings is 1. The Balaban J connectivity index is 2.30. The van der Waals surface area contributed by atoms with E-state index < -0.39 is 0 Å². The van der Waals surface area contributed by atoms with Crippen LogP contribution in [-0.4, -0.2) is 32.3 Å². The summed E-state index contributed by atoms with van der Waals surface area (Å²) < 4.78 is 5.32. The molecule has 0 radical (unpaired) electrons. The Morgan fingerprint density at radius 3 is 2.83 bits per heavy atom. The number of hydrogen-bond acceptors (Lipinski definition) is 3. The van der Waals surface area contributed by atoms with E-state index >= 15 is 0 Å². The monoisotopic (exact) mass is 248 g/mol. The van der Waals surface area contributed by atoms with Gasteiger partial charge < -0.3 is 15.0 Å². The van der Waals surface area contributed by atoms with Crippen LogP contribution in [0.15, 0.2) is 24.3 Å². The van der Waals surface area contributed by atoms with Crippen molar-refractivity contribution in [3.8, 4) is 5.75 Å². The van der Waals surface area contributed by atoms with E-state index in [9.17, 15) is 0 Å². The van der Waals surface area contributed by atoms with Gasteiger partial charge in [0.1, 0.15) is 5.75 Å². The van der Waals surface area contributed by atoms with Gasteiger partial charge in [0.15, 0.2) is 0 Å². The first-order valence-electron chi connectivity index (χ1n) is 6.68. The van der Waals surface area contributed by atoms with Crippen molar-refractivity contribution < 1.29 is 4.74 Å². The van der Waals surface area contributed by atoms with Gasteiger partial charge in [0.05, 0.1) is 7.11 Å². The zero-order chi connectivity index (χ0) is 13.2.